The molecule has 0 aliphatic carbocycles. The zero-order valence-corrected chi connectivity index (χ0v) is 3.72. The first-order chi connectivity index (χ1) is 2.81. The van der Waals surface area contributed by atoms with Gasteiger partial charge >= 0.3 is 0 Å². The molecule has 0 spiro atoms. The second-order valence-corrected chi connectivity index (χ2v) is 1.11. The fourth-order valence-corrected chi connectivity index (χ4v) is 0.0962. The summed E-state index contributed by atoms with van der Waals surface area (Å²) in [5.41, 5.74) is 0.528. The van der Waals surface area contributed by atoms with Crippen LogP contribution in [0.5, 0.6) is 0 Å². The van der Waals surface area contributed by atoms with Crippen molar-refractivity contribution < 1.29 is 10.6 Å². The van der Waals surface area contributed by atoms with Gasteiger partial charge in [0.2, 0.25) is 0 Å². The van der Waals surface area contributed by atoms with Gasteiger partial charge in [-0.1, -0.05) is 6.92 Å². The molecule has 0 aromatic heterocycles. The van der Waals surface area contributed by atoms with Crippen LogP contribution in [0.15, 0.2) is 0 Å². The van der Waals surface area contributed by atoms with Crippen LogP contribution in [-0.2, 0) is 0 Å². The predicted molar refractivity (Wildman–Crippen MR) is 21.6 cm³/mol. The van der Waals surface area contributed by atoms with E-state index in [9.17, 15) is 5.21 Å². The Bertz CT molecular complexity index is 28.0. The van der Waals surface area contributed by atoms with Gasteiger partial charge in [0.15, 0.2) is 6.23 Å². The van der Waals surface area contributed by atoms with Crippen molar-refractivity contribution in [1.82, 2.24) is 0 Å². The minimum absolute atomic E-state index is 0.517. The van der Waals surface area contributed by atoms with Crippen LogP contribution in [0.25, 0.3) is 0 Å². The molecule has 0 bridgehead atoms. The predicted octanol–water partition coefficient (Wildman–Crippen LogP) is -1.22. The van der Waals surface area contributed by atoms with Crippen molar-refractivity contribution in [3.63, 3.8) is 0 Å². The Morgan fingerprint density at radius 3 is 2.50 bits per heavy atom. The fraction of sp³-hybridized carbons (Fsp3) is 1.00. The van der Waals surface area contributed by atoms with Gasteiger partial charge in [-0.2, -0.15) is 0 Å². The SMILES string of the molecule is CCC(O)[NH2+][O-]. The molecule has 38 valence electrons. The third kappa shape index (κ3) is 2.14. The van der Waals surface area contributed by atoms with Gasteiger partial charge in [-0.25, -0.2) is 0 Å². The van der Waals surface area contributed by atoms with Crippen LogP contribution in [0.1, 0.15) is 13.3 Å². The molecule has 3 nitrogen and oxygen atoms in total. The second-order valence-electron chi connectivity index (χ2n) is 1.11. The molecular formula is C3H9NO2. The number of hydroxylamine groups is 1. The molecule has 0 saturated carbocycles. The van der Waals surface area contributed by atoms with E-state index >= 15 is 0 Å². The average Bonchev–Trinajstić information content (AvgIpc) is 1.65. The van der Waals surface area contributed by atoms with E-state index in [0.717, 1.165) is 0 Å². The van der Waals surface area contributed by atoms with Crippen LogP contribution in [0.4, 0.5) is 0 Å². The van der Waals surface area contributed by atoms with Crippen LogP contribution in [-0.4, -0.2) is 11.3 Å². The maximum atomic E-state index is 9.49. The Balaban J connectivity index is 2.75. The topological polar surface area (TPSA) is 59.9 Å². The summed E-state index contributed by atoms with van der Waals surface area (Å²) < 4.78 is 0. The van der Waals surface area contributed by atoms with Gasteiger partial charge in [0.05, 0.1) is 0 Å². The van der Waals surface area contributed by atoms with E-state index in [1.807, 2.05) is 0 Å². The molecule has 0 radical (unpaired) electrons. The molecule has 0 saturated heterocycles. The smallest absolute Gasteiger partial charge is 0.186 e. The second kappa shape index (κ2) is 3.08. The summed E-state index contributed by atoms with van der Waals surface area (Å²) in [6.45, 7) is 1.75. The number of aliphatic hydroxyl groups is 1. The van der Waals surface area contributed by atoms with Gasteiger partial charge < -0.3 is 15.8 Å². The van der Waals surface area contributed by atoms with Crippen LogP contribution < -0.4 is 5.48 Å². The average molecular weight is 91.1 g/mol. The molecule has 6 heavy (non-hydrogen) atoms. The van der Waals surface area contributed by atoms with Crippen molar-refractivity contribution in [2.24, 2.45) is 0 Å². The van der Waals surface area contributed by atoms with Gasteiger partial charge in [0.25, 0.3) is 0 Å². The lowest BCUT2D eigenvalue weighted by Crippen LogP contribution is -2.84. The van der Waals surface area contributed by atoms with E-state index < -0.39 is 6.23 Å². The highest BCUT2D eigenvalue weighted by atomic mass is 16.5. The molecule has 3 heteroatoms. The van der Waals surface area contributed by atoms with Crippen molar-refractivity contribution in [3.8, 4) is 0 Å². The Kier molecular flexibility index (Phi) is 3.02. The Labute approximate surface area is 36.6 Å². The zero-order valence-electron chi connectivity index (χ0n) is 3.72. The van der Waals surface area contributed by atoms with Gasteiger partial charge in [0.1, 0.15) is 0 Å². The third-order valence-corrected chi connectivity index (χ3v) is 0.575. The summed E-state index contributed by atoms with van der Waals surface area (Å²) in [7, 11) is 0. The lowest BCUT2D eigenvalue weighted by atomic mass is 10.5. The van der Waals surface area contributed by atoms with Gasteiger partial charge in [-0.15, -0.1) is 0 Å². The van der Waals surface area contributed by atoms with Crippen molar-refractivity contribution in [3.05, 3.63) is 5.21 Å². The lowest BCUT2D eigenvalue weighted by molar-refractivity contribution is -0.668. The number of rotatable bonds is 2. The zero-order chi connectivity index (χ0) is 4.99. The van der Waals surface area contributed by atoms with Gasteiger partial charge in [-0.05, 0) is 0 Å². The largest absolute Gasteiger partial charge is 0.634 e. The molecule has 0 aliphatic rings. The summed E-state index contributed by atoms with van der Waals surface area (Å²) in [6, 6.07) is 0. The maximum Gasteiger partial charge on any atom is 0.186 e. The van der Waals surface area contributed by atoms with E-state index in [1.165, 1.54) is 0 Å². The highest BCUT2D eigenvalue weighted by molar-refractivity contribution is 4.23. The third-order valence-electron chi connectivity index (χ3n) is 0.575. The molecule has 1 unspecified atom stereocenters. The maximum absolute atomic E-state index is 9.49. The first-order valence-electron chi connectivity index (χ1n) is 1.94. The van der Waals surface area contributed by atoms with Crippen molar-refractivity contribution in [2.75, 3.05) is 0 Å². The van der Waals surface area contributed by atoms with E-state index in [0.29, 0.717) is 11.9 Å². The monoisotopic (exact) mass is 91.1 g/mol. The first-order valence-corrected chi connectivity index (χ1v) is 1.94. The summed E-state index contributed by atoms with van der Waals surface area (Å²) in [5, 5.41) is 17.8. The quantitative estimate of drug-likeness (QED) is 0.330. The summed E-state index contributed by atoms with van der Waals surface area (Å²) in [6.07, 6.45) is -0.228. The molecule has 0 aromatic rings. The number of nitrogens with two attached hydrogens (primary N) is 1. The van der Waals surface area contributed by atoms with E-state index in [4.69, 9.17) is 5.11 Å². The number of aliphatic hydroxyl groups excluding tert-OH is 1. The van der Waals surface area contributed by atoms with Gasteiger partial charge in [-0.3, -0.25) is 0 Å². The number of quaternary nitrogens is 1. The van der Waals surface area contributed by atoms with Crippen LogP contribution in [0, 0.1) is 5.21 Å². The lowest BCUT2D eigenvalue weighted by Gasteiger charge is -2.05. The minimum Gasteiger partial charge on any atom is -0.634 e. The summed E-state index contributed by atoms with van der Waals surface area (Å²) in [4.78, 5) is 0. The van der Waals surface area contributed by atoms with Crippen molar-refractivity contribution in [2.45, 2.75) is 19.6 Å². The summed E-state index contributed by atoms with van der Waals surface area (Å²) >= 11 is 0. The van der Waals surface area contributed by atoms with Crippen LogP contribution in [0.2, 0.25) is 0 Å². The normalized spacial score (nSPS) is 14.5. The van der Waals surface area contributed by atoms with E-state index in [-0.39, 0.29) is 0 Å². The van der Waals surface area contributed by atoms with E-state index in [1.54, 1.807) is 6.92 Å². The molecule has 0 rings (SSSR count). The molecule has 1 atom stereocenters. The van der Waals surface area contributed by atoms with Crippen molar-refractivity contribution in [1.29, 1.82) is 0 Å². The highest BCUT2D eigenvalue weighted by Crippen LogP contribution is 1.71. The standard InChI is InChI=1S/C3H9NO2/c1-2-3(5)4-6/h3,5H,2,4H2,1H3. The fourth-order valence-electron chi connectivity index (χ4n) is 0.0962. The Hall–Kier alpha value is -0.120. The van der Waals surface area contributed by atoms with Crippen molar-refractivity contribution >= 4 is 0 Å². The Morgan fingerprint density at radius 2 is 2.50 bits per heavy atom. The van der Waals surface area contributed by atoms with E-state index in [2.05, 4.69) is 0 Å². The van der Waals surface area contributed by atoms with Gasteiger partial charge in [0, 0.05) is 6.42 Å². The highest BCUT2D eigenvalue weighted by Gasteiger charge is 1.90. The minimum atomic E-state index is -0.745. The molecule has 0 amide bonds. The molecule has 0 aliphatic heterocycles. The first kappa shape index (κ1) is 5.88. The number of hydrogen-bond acceptors (Lipinski definition) is 2. The molecular weight excluding hydrogens is 82.0 g/mol. The molecule has 0 aromatic carbocycles. The summed E-state index contributed by atoms with van der Waals surface area (Å²) in [5.74, 6) is 0. The molecule has 0 heterocycles. The molecule has 3 N–H and O–H groups in total. The molecule has 0 fully saturated rings. The van der Waals surface area contributed by atoms with Crippen LogP contribution >= 0.6 is 0 Å². The Morgan fingerprint density at radius 1 is 2.00 bits per heavy atom. The van der Waals surface area contributed by atoms with Crippen LogP contribution in [0.3, 0.4) is 0 Å². The number of hydrogen-bond donors (Lipinski definition) is 2.